The van der Waals surface area contributed by atoms with E-state index in [1.54, 1.807) is 0 Å². The topological polar surface area (TPSA) is 51.5 Å². The minimum atomic E-state index is 0.326. The molecule has 0 aliphatic carbocycles. The number of hydrogen-bond acceptors (Lipinski definition) is 4. The number of ether oxygens (including phenoxy) is 1. The van der Waals surface area contributed by atoms with Gasteiger partial charge in [0.05, 0.1) is 7.11 Å². The van der Waals surface area contributed by atoms with E-state index in [-0.39, 0.29) is 0 Å². The smallest absolute Gasteiger partial charge is 0.215 e. The zero-order chi connectivity index (χ0) is 7.40. The first-order valence-corrected chi connectivity index (χ1v) is 2.70. The highest BCUT2D eigenvalue weighted by Crippen LogP contribution is 2.15. The molecule has 4 heteroatoms. The summed E-state index contributed by atoms with van der Waals surface area (Å²) in [5, 5.41) is 2.71. The lowest BCUT2D eigenvalue weighted by Crippen LogP contribution is -1.84. The highest BCUT2D eigenvalue weighted by atomic mass is 16.5. The van der Waals surface area contributed by atoms with Gasteiger partial charge in [-0.05, 0) is 11.2 Å². The molecule has 0 saturated heterocycles. The molecule has 0 radical (unpaired) electrons. The number of nitrogens with zero attached hydrogens (tertiary/aromatic N) is 2. The molecule has 0 spiro atoms. The maximum absolute atomic E-state index is 9.94. The van der Waals surface area contributed by atoms with Crippen LogP contribution in [-0.4, -0.2) is 12.1 Å². The van der Waals surface area contributed by atoms with Crippen molar-refractivity contribution in [1.82, 2.24) is 4.98 Å². The second-order valence-electron chi connectivity index (χ2n) is 1.65. The second kappa shape index (κ2) is 2.91. The molecule has 0 aromatic carbocycles. The van der Waals surface area contributed by atoms with Gasteiger partial charge in [-0.15, -0.1) is 4.91 Å². The second-order valence-corrected chi connectivity index (χ2v) is 1.65. The molecular formula is C6H6N2O2. The molecule has 0 N–H and O–H groups in total. The number of rotatable bonds is 2. The van der Waals surface area contributed by atoms with Crippen molar-refractivity contribution in [1.29, 1.82) is 0 Å². The Morgan fingerprint density at radius 2 is 2.50 bits per heavy atom. The summed E-state index contributed by atoms with van der Waals surface area (Å²) in [4.78, 5) is 13.7. The van der Waals surface area contributed by atoms with Crippen molar-refractivity contribution in [2.75, 3.05) is 7.11 Å². The Hall–Kier alpha value is -1.45. The van der Waals surface area contributed by atoms with Crippen LogP contribution >= 0.6 is 0 Å². The summed E-state index contributed by atoms with van der Waals surface area (Å²) in [6, 6.07) is 2.97. The van der Waals surface area contributed by atoms with Gasteiger partial charge in [0.25, 0.3) is 0 Å². The lowest BCUT2D eigenvalue weighted by Gasteiger charge is -1.95. The first-order valence-electron chi connectivity index (χ1n) is 2.70. The minimum absolute atomic E-state index is 0.326. The molecule has 0 fully saturated rings. The average molecular weight is 138 g/mol. The van der Waals surface area contributed by atoms with Crippen molar-refractivity contribution in [2.45, 2.75) is 0 Å². The van der Waals surface area contributed by atoms with Gasteiger partial charge in [0, 0.05) is 12.3 Å². The Bertz CT molecular complexity index is 237. The summed E-state index contributed by atoms with van der Waals surface area (Å²) in [5.41, 5.74) is 0.326. The van der Waals surface area contributed by atoms with E-state index in [0.717, 1.165) is 0 Å². The third kappa shape index (κ3) is 1.28. The average Bonchev–Trinajstić information content (AvgIpc) is 2.05. The van der Waals surface area contributed by atoms with Gasteiger partial charge in [0.1, 0.15) is 5.69 Å². The maximum atomic E-state index is 9.94. The Morgan fingerprint density at radius 1 is 1.70 bits per heavy atom. The van der Waals surface area contributed by atoms with Gasteiger partial charge in [-0.1, -0.05) is 0 Å². The summed E-state index contributed by atoms with van der Waals surface area (Å²) in [5.74, 6) is 0.400. The Labute approximate surface area is 57.8 Å². The van der Waals surface area contributed by atoms with Crippen molar-refractivity contribution in [3.05, 3.63) is 23.2 Å². The largest absolute Gasteiger partial charge is 0.481 e. The van der Waals surface area contributed by atoms with Crippen LogP contribution in [0.25, 0.3) is 0 Å². The van der Waals surface area contributed by atoms with E-state index in [2.05, 4.69) is 10.2 Å². The quantitative estimate of drug-likeness (QED) is 0.581. The molecule has 0 aliphatic heterocycles. The fraction of sp³-hybridized carbons (Fsp3) is 0.167. The maximum Gasteiger partial charge on any atom is 0.215 e. The molecule has 1 aromatic rings. The van der Waals surface area contributed by atoms with E-state index in [9.17, 15) is 4.91 Å². The Balaban J connectivity index is 2.98. The van der Waals surface area contributed by atoms with Gasteiger partial charge in [-0.3, -0.25) is 0 Å². The summed E-state index contributed by atoms with van der Waals surface area (Å²) < 4.78 is 4.75. The van der Waals surface area contributed by atoms with Crippen LogP contribution in [-0.2, 0) is 0 Å². The first kappa shape index (κ1) is 6.67. The number of pyridine rings is 1. The molecule has 4 nitrogen and oxygen atoms in total. The van der Waals surface area contributed by atoms with E-state index in [1.807, 2.05) is 0 Å². The number of nitroso groups, excluding NO2 is 1. The van der Waals surface area contributed by atoms with E-state index in [1.165, 1.54) is 25.4 Å². The molecule has 52 valence electrons. The molecule has 1 heterocycles. The standard InChI is InChI=1S/C6H6N2O2/c1-10-6-4-5(8-9)2-3-7-6/h2-4H,1H3. The first-order chi connectivity index (χ1) is 4.86. The molecule has 0 bridgehead atoms. The fourth-order valence-electron chi connectivity index (χ4n) is 0.567. The van der Waals surface area contributed by atoms with Gasteiger partial charge in [-0.2, -0.15) is 0 Å². The summed E-state index contributed by atoms with van der Waals surface area (Å²) >= 11 is 0. The van der Waals surface area contributed by atoms with Crippen LogP contribution in [0.2, 0.25) is 0 Å². The lowest BCUT2D eigenvalue weighted by molar-refractivity contribution is 0.398. The molecule has 0 aliphatic rings. The number of aromatic nitrogens is 1. The minimum Gasteiger partial charge on any atom is -0.481 e. The van der Waals surface area contributed by atoms with Gasteiger partial charge in [-0.25, -0.2) is 4.98 Å². The molecule has 0 atom stereocenters. The van der Waals surface area contributed by atoms with E-state index in [0.29, 0.717) is 11.6 Å². The van der Waals surface area contributed by atoms with Crippen LogP contribution in [0.15, 0.2) is 23.5 Å². The highest BCUT2D eigenvalue weighted by Gasteiger charge is 1.93. The van der Waals surface area contributed by atoms with Crippen LogP contribution in [0.1, 0.15) is 0 Å². The van der Waals surface area contributed by atoms with Gasteiger partial charge in [0.2, 0.25) is 5.88 Å². The SMILES string of the molecule is COc1cc(N=O)ccn1. The van der Waals surface area contributed by atoms with Crippen molar-refractivity contribution in [2.24, 2.45) is 5.18 Å². The van der Waals surface area contributed by atoms with E-state index in [4.69, 9.17) is 4.74 Å². The fourth-order valence-corrected chi connectivity index (χ4v) is 0.567. The highest BCUT2D eigenvalue weighted by molar-refractivity contribution is 5.38. The van der Waals surface area contributed by atoms with Crippen LogP contribution in [0.4, 0.5) is 5.69 Å². The van der Waals surface area contributed by atoms with Crippen molar-refractivity contribution in [3.63, 3.8) is 0 Å². The van der Waals surface area contributed by atoms with Gasteiger partial charge >= 0.3 is 0 Å². The lowest BCUT2D eigenvalue weighted by atomic mass is 10.4. The predicted octanol–water partition coefficient (Wildman–Crippen LogP) is 1.49. The van der Waals surface area contributed by atoms with Crippen LogP contribution in [0, 0.1) is 4.91 Å². The molecule has 0 amide bonds. The summed E-state index contributed by atoms with van der Waals surface area (Å²) in [6.07, 6.45) is 1.47. The number of hydrogen-bond donors (Lipinski definition) is 0. The van der Waals surface area contributed by atoms with Crippen LogP contribution in [0.5, 0.6) is 5.88 Å². The monoisotopic (exact) mass is 138 g/mol. The third-order valence-electron chi connectivity index (χ3n) is 1.03. The molecule has 1 aromatic heterocycles. The molecule has 1 rings (SSSR count). The van der Waals surface area contributed by atoms with E-state index >= 15 is 0 Å². The zero-order valence-electron chi connectivity index (χ0n) is 5.44. The van der Waals surface area contributed by atoms with Crippen LogP contribution < -0.4 is 4.74 Å². The van der Waals surface area contributed by atoms with Gasteiger partial charge in [0.15, 0.2) is 0 Å². The predicted molar refractivity (Wildman–Crippen MR) is 36.2 cm³/mol. The van der Waals surface area contributed by atoms with Crippen LogP contribution in [0.3, 0.4) is 0 Å². The molecular weight excluding hydrogens is 132 g/mol. The van der Waals surface area contributed by atoms with Crippen molar-refractivity contribution >= 4 is 5.69 Å². The normalized spacial score (nSPS) is 8.90. The number of methoxy groups -OCH3 is 1. The molecule has 0 unspecified atom stereocenters. The van der Waals surface area contributed by atoms with E-state index < -0.39 is 0 Å². The van der Waals surface area contributed by atoms with Crippen molar-refractivity contribution in [3.8, 4) is 5.88 Å². The molecule has 0 saturated carbocycles. The van der Waals surface area contributed by atoms with Gasteiger partial charge < -0.3 is 4.74 Å². The Morgan fingerprint density at radius 3 is 3.10 bits per heavy atom. The zero-order valence-corrected chi connectivity index (χ0v) is 5.44. The Kier molecular flexibility index (Phi) is 1.94. The molecule has 10 heavy (non-hydrogen) atoms. The summed E-state index contributed by atoms with van der Waals surface area (Å²) in [7, 11) is 1.48. The summed E-state index contributed by atoms with van der Waals surface area (Å²) in [6.45, 7) is 0. The third-order valence-corrected chi connectivity index (χ3v) is 1.03. The van der Waals surface area contributed by atoms with Crippen molar-refractivity contribution < 1.29 is 4.74 Å².